The monoisotopic (exact) mass is 225 g/mol. The van der Waals surface area contributed by atoms with E-state index in [0.717, 1.165) is 17.4 Å². The van der Waals surface area contributed by atoms with Crippen molar-refractivity contribution < 1.29 is 0 Å². The Hall–Kier alpha value is -0.530. The molecule has 0 aliphatic carbocycles. The van der Waals surface area contributed by atoms with E-state index in [1.165, 1.54) is 12.0 Å². The van der Waals surface area contributed by atoms with Crippen LogP contribution in [0.3, 0.4) is 0 Å². The summed E-state index contributed by atoms with van der Waals surface area (Å²) >= 11 is 5.98. The molecular weight excluding hydrogens is 206 g/mol. The second-order valence-electron chi connectivity index (χ2n) is 4.37. The number of benzene rings is 1. The molecule has 1 N–H and O–H groups in total. The Balaban J connectivity index is 2.65. The third kappa shape index (κ3) is 4.23. The van der Waals surface area contributed by atoms with Crippen LogP contribution >= 0.6 is 11.6 Å². The molecule has 84 valence electrons. The van der Waals surface area contributed by atoms with E-state index in [9.17, 15) is 0 Å². The van der Waals surface area contributed by atoms with Gasteiger partial charge in [0.25, 0.3) is 0 Å². The van der Waals surface area contributed by atoms with Gasteiger partial charge in [0.15, 0.2) is 0 Å². The van der Waals surface area contributed by atoms with E-state index in [2.05, 4.69) is 25.2 Å². The molecule has 1 aromatic carbocycles. The predicted molar refractivity (Wildman–Crippen MR) is 67.3 cm³/mol. The highest BCUT2D eigenvalue weighted by Gasteiger charge is 2.09. The zero-order valence-corrected chi connectivity index (χ0v) is 10.5. The largest absolute Gasteiger partial charge is 0.313 e. The van der Waals surface area contributed by atoms with Gasteiger partial charge in [-0.1, -0.05) is 37.6 Å². The first-order chi connectivity index (χ1) is 7.13. The molecule has 0 aromatic heterocycles. The fraction of sp³-hybridized carbons (Fsp3) is 0.538. The second-order valence-corrected chi connectivity index (χ2v) is 4.80. The quantitative estimate of drug-likeness (QED) is 0.798. The SMILES string of the molecule is CNC(CCC(C)C)c1cccc(Cl)c1. The zero-order valence-electron chi connectivity index (χ0n) is 9.76. The molecule has 0 aliphatic rings. The van der Waals surface area contributed by atoms with Crippen LogP contribution in [0.15, 0.2) is 24.3 Å². The molecule has 1 unspecified atom stereocenters. The maximum Gasteiger partial charge on any atom is 0.0409 e. The fourth-order valence-electron chi connectivity index (χ4n) is 1.70. The van der Waals surface area contributed by atoms with Crippen molar-refractivity contribution in [3.8, 4) is 0 Å². The normalized spacial score (nSPS) is 13.1. The third-order valence-electron chi connectivity index (χ3n) is 2.63. The van der Waals surface area contributed by atoms with E-state index in [0.29, 0.717) is 6.04 Å². The van der Waals surface area contributed by atoms with Crippen molar-refractivity contribution in [1.82, 2.24) is 5.32 Å². The van der Waals surface area contributed by atoms with Gasteiger partial charge in [0, 0.05) is 11.1 Å². The summed E-state index contributed by atoms with van der Waals surface area (Å²) in [5.74, 6) is 0.750. The summed E-state index contributed by atoms with van der Waals surface area (Å²) in [6, 6.07) is 8.53. The molecule has 0 saturated heterocycles. The summed E-state index contributed by atoms with van der Waals surface area (Å²) in [5.41, 5.74) is 1.28. The average molecular weight is 226 g/mol. The number of hydrogen-bond donors (Lipinski definition) is 1. The van der Waals surface area contributed by atoms with Gasteiger partial charge in [0.1, 0.15) is 0 Å². The second kappa shape index (κ2) is 6.14. The van der Waals surface area contributed by atoms with Crippen molar-refractivity contribution in [1.29, 1.82) is 0 Å². The van der Waals surface area contributed by atoms with Crippen LogP contribution in [0.2, 0.25) is 5.02 Å². The summed E-state index contributed by atoms with van der Waals surface area (Å²) < 4.78 is 0. The van der Waals surface area contributed by atoms with Crippen molar-refractivity contribution in [2.45, 2.75) is 32.7 Å². The van der Waals surface area contributed by atoms with Crippen LogP contribution in [-0.4, -0.2) is 7.05 Å². The number of nitrogens with one attached hydrogen (secondary N) is 1. The van der Waals surface area contributed by atoms with Crippen molar-refractivity contribution in [2.24, 2.45) is 5.92 Å². The maximum atomic E-state index is 5.98. The lowest BCUT2D eigenvalue weighted by Crippen LogP contribution is -2.16. The molecule has 1 aromatic rings. The molecular formula is C13H20ClN. The first-order valence-electron chi connectivity index (χ1n) is 5.56. The van der Waals surface area contributed by atoms with Crippen molar-refractivity contribution in [3.05, 3.63) is 34.9 Å². The Morgan fingerprint density at radius 2 is 2.00 bits per heavy atom. The van der Waals surface area contributed by atoms with Crippen LogP contribution < -0.4 is 5.32 Å². The van der Waals surface area contributed by atoms with Crippen molar-refractivity contribution >= 4 is 11.6 Å². The van der Waals surface area contributed by atoms with Gasteiger partial charge < -0.3 is 5.32 Å². The van der Waals surface area contributed by atoms with Gasteiger partial charge in [-0.15, -0.1) is 0 Å². The van der Waals surface area contributed by atoms with E-state index < -0.39 is 0 Å². The number of halogens is 1. The van der Waals surface area contributed by atoms with Crippen LogP contribution in [0.1, 0.15) is 38.3 Å². The van der Waals surface area contributed by atoms with Gasteiger partial charge in [-0.3, -0.25) is 0 Å². The Labute approximate surface area is 97.8 Å². The van der Waals surface area contributed by atoms with Crippen molar-refractivity contribution in [3.63, 3.8) is 0 Å². The van der Waals surface area contributed by atoms with Crippen LogP contribution in [0, 0.1) is 5.92 Å². The molecule has 0 aliphatic heterocycles. The molecule has 15 heavy (non-hydrogen) atoms. The van der Waals surface area contributed by atoms with Crippen LogP contribution in [0.4, 0.5) is 0 Å². The third-order valence-corrected chi connectivity index (χ3v) is 2.87. The summed E-state index contributed by atoms with van der Waals surface area (Å²) in [4.78, 5) is 0. The molecule has 1 nitrogen and oxygen atoms in total. The first kappa shape index (κ1) is 12.5. The van der Waals surface area contributed by atoms with E-state index >= 15 is 0 Å². The molecule has 1 atom stereocenters. The van der Waals surface area contributed by atoms with Gasteiger partial charge in [0.05, 0.1) is 0 Å². The predicted octanol–water partition coefficient (Wildman–Crippen LogP) is 4.04. The smallest absolute Gasteiger partial charge is 0.0409 e. The average Bonchev–Trinajstić information content (AvgIpc) is 2.18. The van der Waals surface area contributed by atoms with Gasteiger partial charge in [-0.2, -0.15) is 0 Å². The molecule has 0 radical (unpaired) electrons. The lowest BCUT2D eigenvalue weighted by Gasteiger charge is -2.17. The highest BCUT2D eigenvalue weighted by Crippen LogP contribution is 2.22. The number of hydrogen-bond acceptors (Lipinski definition) is 1. The molecule has 0 spiro atoms. The van der Waals surface area contributed by atoms with Crippen molar-refractivity contribution in [2.75, 3.05) is 7.05 Å². The Kier molecular flexibility index (Phi) is 5.13. The summed E-state index contributed by atoms with van der Waals surface area (Å²) in [7, 11) is 2.01. The Morgan fingerprint density at radius 1 is 1.27 bits per heavy atom. The minimum atomic E-state index is 0.422. The van der Waals surface area contributed by atoms with Crippen LogP contribution in [0.5, 0.6) is 0 Å². The minimum absolute atomic E-state index is 0.422. The number of rotatable bonds is 5. The molecule has 0 heterocycles. The maximum absolute atomic E-state index is 5.98. The summed E-state index contributed by atoms with van der Waals surface area (Å²) in [5, 5.41) is 4.16. The van der Waals surface area contributed by atoms with E-state index in [-0.39, 0.29) is 0 Å². The standard InChI is InChI=1S/C13H20ClN/c1-10(2)7-8-13(15-3)11-5-4-6-12(14)9-11/h4-6,9-10,13,15H,7-8H2,1-3H3. The Bertz CT molecular complexity index is 296. The summed E-state index contributed by atoms with van der Waals surface area (Å²) in [6.45, 7) is 4.51. The molecule has 1 rings (SSSR count). The lowest BCUT2D eigenvalue weighted by molar-refractivity contribution is 0.465. The molecule has 0 fully saturated rings. The summed E-state index contributed by atoms with van der Waals surface area (Å²) in [6.07, 6.45) is 2.40. The topological polar surface area (TPSA) is 12.0 Å². The lowest BCUT2D eigenvalue weighted by atomic mass is 9.98. The highest BCUT2D eigenvalue weighted by atomic mass is 35.5. The zero-order chi connectivity index (χ0) is 11.3. The molecule has 0 saturated carbocycles. The van der Waals surface area contributed by atoms with Crippen LogP contribution in [-0.2, 0) is 0 Å². The van der Waals surface area contributed by atoms with E-state index in [1.807, 2.05) is 25.2 Å². The van der Waals surface area contributed by atoms with Gasteiger partial charge in [0.2, 0.25) is 0 Å². The molecule has 0 amide bonds. The van der Waals surface area contributed by atoms with Crippen LogP contribution in [0.25, 0.3) is 0 Å². The van der Waals surface area contributed by atoms with Gasteiger partial charge in [-0.25, -0.2) is 0 Å². The molecule has 2 heteroatoms. The van der Waals surface area contributed by atoms with Gasteiger partial charge >= 0.3 is 0 Å². The Morgan fingerprint density at radius 3 is 2.53 bits per heavy atom. The minimum Gasteiger partial charge on any atom is -0.313 e. The first-order valence-corrected chi connectivity index (χ1v) is 5.94. The molecule has 0 bridgehead atoms. The fourth-order valence-corrected chi connectivity index (χ4v) is 1.90. The van der Waals surface area contributed by atoms with Gasteiger partial charge in [-0.05, 0) is 43.5 Å². The van der Waals surface area contributed by atoms with E-state index in [4.69, 9.17) is 11.6 Å². The van der Waals surface area contributed by atoms with E-state index in [1.54, 1.807) is 0 Å². The highest BCUT2D eigenvalue weighted by molar-refractivity contribution is 6.30.